The van der Waals surface area contributed by atoms with Gasteiger partial charge in [0.1, 0.15) is 5.82 Å². The molecule has 0 spiro atoms. The zero-order chi connectivity index (χ0) is 7.40. The SMILES string of the molecule is CCc1ccc(NN)nc1. The molecule has 3 N–H and O–H groups in total. The fourth-order valence-electron chi connectivity index (χ4n) is 0.719. The van der Waals surface area contributed by atoms with Crippen LogP contribution in [0.1, 0.15) is 12.5 Å². The minimum absolute atomic E-state index is 0.706. The molecular weight excluding hydrogens is 126 g/mol. The van der Waals surface area contributed by atoms with Crippen LogP contribution in [0.2, 0.25) is 0 Å². The highest BCUT2D eigenvalue weighted by molar-refractivity contribution is 5.33. The van der Waals surface area contributed by atoms with E-state index in [-0.39, 0.29) is 0 Å². The summed E-state index contributed by atoms with van der Waals surface area (Å²) < 4.78 is 0. The van der Waals surface area contributed by atoms with E-state index in [1.54, 1.807) is 0 Å². The largest absolute Gasteiger partial charge is 0.308 e. The molecule has 0 unspecified atom stereocenters. The predicted octanol–water partition coefficient (Wildman–Crippen LogP) is 0.930. The first kappa shape index (κ1) is 7.02. The van der Waals surface area contributed by atoms with E-state index in [1.165, 1.54) is 5.56 Å². The second kappa shape index (κ2) is 3.17. The highest BCUT2D eigenvalue weighted by Crippen LogP contribution is 2.02. The topological polar surface area (TPSA) is 50.9 Å². The molecule has 1 heterocycles. The number of hydrazine groups is 1. The van der Waals surface area contributed by atoms with E-state index >= 15 is 0 Å². The third-order valence-corrected chi connectivity index (χ3v) is 1.38. The van der Waals surface area contributed by atoms with Crippen molar-refractivity contribution in [1.82, 2.24) is 4.98 Å². The van der Waals surface area contributed by atoms with Gasteiger partial charge in [-0.2, -0.15) is 0 Å². The normalized spacial score (nSPS) is 9.40. The molecular formula is C7H11N3. The Hall–Kier alpha value is -1.09. The Bertz CT molecular complexity index is 170. The lowest BCUT2D eigenvalue weighted by atomic mass is 10.2. The zero-order valence-corrected chi connectivity index (χ0v) is 5.96. The number of rotatable bonds is 2. The molecule has 1 rings (SSSR count). The van der Waals surface area contributed by atoms with E-state index in [0.29, 0.717) is 5.82 Å². The molecule has 0 fully saturated rings. The Morgan fingerprint density at radius 2 is 2.40 bits per heavy atom. The molecule has 0 amide bonds. The van der Waals surface area contributed by atoms with Crippen molar-refractivity contribution in [2.45, 2.75) is 13.3 Å². The van der Waals surface area contributed by atoms with Gasteiger partial charge in [0.2, 0.25) is 0 Å². The Kier molecular flexibility index (Phi) is 2.23. The summed E-state index contributed by atoms with van der Waals surface area (Å²) in [5.41, 5.74) is 3.69. The Balaban J connectivity index is 2.80. The molecule has 10 heavy (non-hydrogen) atoms. The number of pyridine rings is 1. The maximum absolute atomic E-state index is 5.13. The van der Waals surface area contributed by atoms with Crippen molar-refractivity contribution in [3.63, 3.8) is 0 Å². The van der Waals surface area contributed by atoms with E-state index in [9.17, 15) is 0 Å². The molecule has 0 aromatic carbocycles. The highest BCUT2D eigenvalue weighted by Gasteiger charge is 1.89. The average molecular weight is 137 g/mol. The van der Waals surface area contributed by atoms with E-state index in [2.05, 4.69) is 17.3 Å². The van der Waals surface area contributed by atoms with Crippen LogP contribution in [-0.4, -0.2) is 4.98 Å². The van der Waals surface area contributed by atoms with Gasteiger partial charge in [0.15, 0.2) is 0 Å². The number of hydrogen-bond donors (Lipinski definition) is 2. The summed E-state index contributed by atoms with van der Waals surface area (Å²) >= 11 is 0. The molecule has 3 nitrogen and oxygen atoms in total. The summed E-state index contributed by atoms with van der Waals surface area (Å²) in [4.78, 5) is 4.03. The molecule has 0 aliphatic rings. The number of nitrogens with one attached hydrogen (secondary N) is 1. The quantitative estimate of drug-likeness (QED) is 0.471. The van der Waals surface area contributed by atoms with Crippen LogP contribution in [0.25, 0.3) is 0 Å². The van der Waals surface area contributed by atoms with Gasteiger partial charge in [-0.3, -0.25) is 0 Å². The highest BCUT2D eigenvalue weighted by atomic mass is 15.2. The second-order valence-corrected chi connectivity index (χ2v) is 2.05. The summed E-state index contributed by atoms with van der Waals surface area (Å²) in [7, 11) is 0. The van der Waals surface area contributed by atoms with Gasteiger partial charge in [-0.05, 0) is 18.1 Å². The molecule has 1 aromatic heterocycles. The molecule has 0 aliphatic heterocycles. The van der Waals surface area contributed by atoms with Gasteiger partial charge >= 0.3 is 0 Å². The summed E-state index contributed by atoms with van der Waals surface area (Å²) in [6.45, 7) is 2.09. The van der Waals surface area contributed by atoms with Crippen LogP contribution in [0, 0.1) is 0 Å². The van der Waals surface area contributed by atoms with Crippen LogP contribution in [0.5, 0.6) is 0 Å². The average Bonchev–Trinajstić information content (AvgIpc) is 2.05. The first-order valence-corrected chi connectivity index (χ1v) is 3.28. The monoisotopic (exact) mass is 137 g/mol. The van der Waals surface area contributed by atoms with Gasteiger partial charge in [-0.1, -0.05) is 13.0 Å². The van der Waals surface area contributed by atoms with Crippen LogP contribution in [0.4, 0.5) is 5.82 Å². The molecule has 0 radical (unpaired) electrons. The van der Waals surface area contributed by atoms with Gasteiger partial charge < -0.3 is 5.43 Å². The van der Waals surface area contributed by atoms with Gasteiger partial charge in [-0.25, -0.2) is 10.8 Å². The molecule has 0 aliphatic carbocycles. The molecule has 0 saturated carbocycles. The van der Waals surface area contributed by atoms with E-state index < -0.39 is 0 Å². The number of hydrogen-bond acceptors (Lipinski definition) is 3. The van der Waals surface area contributed by atoms with Crippen molar-refractivity contribution in [3.8, 4) is 0 Å². The number of anilines is 1. The number of aromatic nitrogens is 1. The van der Waals surface area contributed by atoms with Gasteiger partial charge in [0.25, 0.3) is 0 Å². The van der Waals surface area contributed by atoms with Gasteiger partial charge in [0.05, 0.1) is 0 Å². The van der Waals surface area contributed by atoms with Crippen LogP contribution >= 0.6 is 0 Å². The van der Waals surface area contributed by atoms with Crippen molar-refractivity contribution in [3.05, 3.63) is 23.9 Å². The molecule has 0 atom stereocenters. The summed E-state index contributed by atoms with van der Waals surface area (Å²) in [6, 6.07) is 3.86. The lowest BCUT2D eigenvalue weighted by Crippen LogP contribution is -2.08. The maximum Gasteiger partial charge on any atom is 0.139 e. The second-order valence-electron chi connectivity index (χ2n) is 2.05. The Labute approximate surface area is 60.2 Å². The summed E-state index contributed by atoms with van der Waals surface area (Å²) in [6.07, 6.45) is 2.83. The first-order valence-electron chi connectivity index (χ1n) is 3.28. The molecule has 0 saturated heterocycles. The minimum atomic E-state index is 0.706. The molecule has 3 heteroatoms. The predicted molar refractivity (Wildman–Crippen MR) is 41.4 cm³/mol. The van der Waals surface area contributed by atoms with Crippen molar-refractivity contribution >= 4 is 5.82 Å². The van der Waals surface area contributed by atoms with Gasteiger partial charge in [0, 0.05) is 6.20 Å². The van der Waals surface area contributed by atoms with Crippen molar-refractivity contribution in [1.29, 1.82) is 0 Å². The van der Waals surface area contributed by atoms with Crippen LogP contribution in [0.3, 0.4) is 0 Å². The van der Waals surface area contributed by atoms with Crippen LogP contribution in [-0.2, 0) is 6.42 Å². The van der Waals surface area contributed by atoms with Crippen molar-refractivity contribution in [2.24, 2.45) is 5.84 Å². The van der Waals surface area contributed by atoms with Crippen LogP contribution in [0.15, 0.2) is 18.3 Å². The molecule has 0 bridgehead atoms. The number of nitrogens with two attached hydrogens (primary N) is 1. The minimum Gasteiger partial charge on any atom is -0.308 e. The van der Waals surface area contributed by atoms with E-state index in [1.807, 2.05) is 18.3 Å². The number of aryl methyl sites for hydroxylation is 1. The smallest absolute Gasteiger partial charge is 0.139 e. The standard InChI is InChI=1S/C7H11N3/c1-2-6-3-4-7(10-8)9-5-6/h3-5H,2,8H2,1H3,(H,9,10). The lowest BCUT2D eigenvalue weighted by molar-refractivity contribution is 1.10. The first-order chi connectivity index (χ1) is 4.86. The maximum atomic E-state index is 5.13. The third-order valence-electron chi connectivity index (χ3n) is 1.38. The fraction of sp³-hybridized carbons (Fsp3) is 0.286. The molecule has 1 aromatic rings. The number of nitrogen functional groups attached to an aromatic ring is 1. The zero-order valence-electron chi connectivity index (χ0n) is 5.96. The third kappa shape index (κ3) is 1.45. The van der Waals surface area contributed by atoms with E-state index in [0.717, 1.165) is 6.42 Å². The van der Waals surface area contributed by atoms with Gasteiger partial charge in [-0.15, -0.1) is 0 Å². The number of nitrogens with zero attached hydrogens (tertiary/aromatic N) is 1. The van der Waals surface area contributed by atoms with Crippen LogP contribution < -0.4 is 11.3 Å². The molecule has 54 valence electrons. The lowest BCUT2D eigenvalue weighted by Gasteiger charge is -1.98. The summed E-state index contributed by atoms with van der Waals surface area (Å²) in [5, 5.41) is 0. The summed E-state index contributed by atoms with van der Waals surface area (Å²) in [5.74, 6) is 5.83. The Morgan fingerprint density at radius 3 is 2.80 bits per heavy atom. The van der Waals surface area contributed by atoms with Crippen molar-refractivity contribution in [2.75, 3.05) is 5.43 Å². The fourth-order valence-corrected chi connectivity index (χ4v) is 0.719. The Morgan fingerprint density at radius 1 is 1.60 bits per heavy atom. The van der Waals surface area contributed by atoms with E-state index in [4.69, 9.17) is 5.84 Å². The van der Waals surface area contributed by atoms with Crippen molar-refractivity contribution < 1.29 is 0 Å².